The number of aliphatic hydroxyl groups is 3. The monoisotopic (exact) mass is 440 g/mol. The fourth-order valence-electron chi connectivity index (χ4n) is 4.23. The van der Waals surface area contributed by atoms with Crippen molar-refractivity contribution in [2.45, 2.75) is 50.4 Å². The van der Waals surface area contributed by atoms with E-state index >= 15 is 0 Å². The van der Waals surface area contributed by atoms with Gasteiger partial charge in [0, 0.05) is 32.7 Å². The van der Waals surface area contributed by atoms with E-state index in [1.54, 1.807) is 24.8 Å². The second kappa shape index (κ2) is 9.68. The van der Waals surface area contributed by atoms with E-state index in [0.29, 0.717) is 63.4 Å². The number of nitrogens with zero attached hydrogens (tertiary/aromatic N) is 2. The van der Waals surface area contributed by atoms with Crippen molar-refractivity contribution in [1.82, 2.24) is 9.80 Å². The van der Waals surface area contributed by atoms with Gasteiger partial charge in [-0.15, -0.1) is 0 Å². The molecular weight excluding hydrogens is 407 g/mol. The van der Waals surface area contributed by atoms with Crippen LogP contribution >= 0.6 is 0 Å². The van der Waals surface area contributed by atoms with E-state index in [-0.39, 0.29) is 25.1 Å². The third kappa shape index (κ3) is 5.85. The third-order valence-electron chi connectivity index (χ3n) is 6.19. The summed E-state index contributed by atoms with van der Waals surface area (Å²) in [5.41, 5.74) is -2.06. The quantitative estimate of drug-likeness (QED) is 0.613. The van der Waals surface area contributed by atoms with Gasteiger partial charge in [-0.2, -0.15) is 0 Å². The number of halogens is 1. The van der Waals surface area contributed by atoms with Gasteiger partial charge in [0.1, 0.15) is 23.8 Å². The highest BCUT2D eigenvalue weighted by Crippen LogP contribution is 2.29. The van der Waals surface area contributed by atoms with Gasteiger partial charge in [0.2, 0.25) is 0 Å². The number of hydrogen-bond donors (Lipinski definition) is 3. The number of rotatable bonds is 6. The molecule has 2 aliphatic heterocycles. The molecule has 2 fully saturated rings. The first-order valence-corrected chi connectivity index (χ1v) is 10.8. The molecule has 1 aromatic carbocycles. The zero-order valence-electron chi connectivity index (χ0n) is 18.2. The highest BCUT2D eigenvalue weighted by Gasteiger charge is 2.44. The van der Waals surface area contributed by atoms with E-state index < -0.39 is 17.3 Å². The number of amides is 1. The lowest BCUT2D eigenvalue weighted by Gasteiger charge is -2.46. The summed E-state index contributed by atoms with van der Waals surface area (Å²) in [6, 6.07) is 4.33. The first-order chi connectivity index (χ1) is 14.6. The number of benzene rings is 1. The van der Waals surface area contributed by atoms with Crippen molar-refractivity contribution in [3.8, 4) is 5.75 Å². The Balaban J connectivity index is 1.56. The maximum atomic E-state index is 13.4. The van der Waals surface area contributed by atoms with E-state index in [1.165, 1.54) is 12.1 Å². The Kier molecular flexibility index (Phi) is 7.41. The van der Waals surface area contributed by atoms with Crippen molar-refractivity contribution >= 4 is 6.09 Å². The predicted octanol–water partition coefficient (Wildman–Crippen LogP) is 1.29. The molecule has 8 nitrogen and oxygen atoms in total. The van der Waals surface area contributed by atoms with Crippen LogP contribution in [0.4, 0.5) is 9.18 Å². The zero-order chi connectivity index (χ0) is 22.6. The van der Waals surface area contributed by atoms with E-state index in [9.17, 15) is 24.5 Å². The molecule has 2 saturated heterocycles. The molecule has 3 rings (SSSR count). The number of carbonyl (C=O) groups is 1. The minimum Gasteiger partial charge on any atom is -0.490 e. The number of carbonyl (C=O) groups excluding carboxylic acids is 1. The van der Waals surface area contributed by atoms with Crippen LogP contribution in [0.2, 0.25) is 0 Å². The molecule has 2 atom stereocenters. The molecule has 1 amide bonds. The molecular formula is C22H33FN2O6. The van der Waals surface area contributed by atoms with Crippen LogP contribution in [0.1, 0.15) is 31.7 Å². The molecule has 3 N–H and O–H groups in total. The Hall–Kier alpha value is -1.94. The second-order valence-corrected chi connectivity index (χ2v) is 8.73. The molecule has 1 aromatic rings. The summed E-state index contributed by atoms with van der Waals surface area (Å²) < 4.78 is 24.1. The lowest BCUT2D eigenvalue weighted by molar-refractivity contribution is -0.150. The zero-order valence-corrected chi connectivity index (χ0v) is 18.2. The van der Waals surface area contributed by atoms with Gasteiger partial charge >= 0.3 is 6.09 Å². The number of likely N-dealkylation sites (tertiary alicyclic amines) is 2. The fraction of sp³-hybridized carbons (Fsp3) is 0.682. The Morgan fingerprint density at radius 3 is 2.61 bits per heavy atom. The van der Waals surface area contributed by atoms with Crippen molar-refractivity contribution in [3.05, 3.63) is 29.6 Å². The van der Waals surface area contributed by atoms with Crippen molar-refractivity contribution in [2.24, 2.45) is 0 Å². The van der Waals surface area contributed by atoms with Gasteiger partial charge in [0.25, 0.3) is 0 Å². The molecule has 31 heavy (non-hydrogen) atoms. The average Bonchev–Trinajstić information content (AvgIpc) is 2.72. The highest BCUT2D eigenvalue weighted by atomic mass is 19.1. The number of β-amino-alcohol motifs (C(OH)–C–C–N with tert-alkyl or cyclic N) is 2. The molecule has 0 saturated carbocycles. The molecule has 2 aliphatic rings. The van der Waals surface area contributed by atoms with E-state index in [0.717, 1.165) is 0 Å². The van der Waals surface area contributed by atoms with Crippen LogP contribution in [0.25, 0.3) is 0 Å². The molecule has 0 bridgehead atoms. The molecule has 0 aromatic heterocycles. The summed E-state index contributed by atoms with van der Waals surface area (Å²) in [6.07, 6.45) is -0.171. The van der Waals surface area contributed by atoms with Gasteiger partial charge in [-0.1, -0.05) is 0 Å². The lowest BCUT2D eigenvalue weighted by atomic mass is 9.86. The van der Waals surface area contributed by atoms with Gasteiger partial charge in [0.05, 0.1) is 18.3 Å². The Bertz CT molecular complexity index is 770. The van der Waals surface area contributed by atoms with Crippen molar-refractivity contribution in [3.63, 3.8) is 0 Å². The van der Waals surface area contributed by atoms with E-state index in [4.69, 9.17) is 9.47 Å². The molecule has 2 heterocycles. The Morgan fingerprint density at radius 1 is 1.26 bits per heavy atom. The molecule has 0 aliphatic carbocycles. The van der Waals surface area contributed by atoms with Crippen LogP contribution in [0.5, 0.6) is 5.75 Å². The van der Waals surface area contributed by atoms with Crippen LogP contribution in [-0.4, -0.2) is 94.5 Å². The van der Waals surface area contributed by atoms with Gasteiger partial charge < -0.3 is 29.7 Å². The van der Waals surface area contributed by atoms with E-state index in [1.807, 2.05) is 4.90 Å². The molecule has 0 unspecified atom stereocenters. The van der Waals surface area contributed by atoms with Crippen LogP contribution in [0.3, 0.4) is 0 Å². The van der Waals surface area contributed by atoms with Crippen LogP contribution in [0.15, 0.2) is 18.2 Å². The maximum absolute atomic E-state index is 13.4. The largest absolute Gasteiger partial charge is 0.490 e. The van der Waals surface area contributed by atoms with Gasteiger partial charge in [-0.3, -0.25) is 4.90 Å². The predicted molar refractivity (Wildman–Crippen MR) is 111 cm³/mol. The number of aryl methyl sites for hydroxylation is 1. The normalized spacial score (nSPS) is 26.5. The first kappa shape index (κ1) is 23.7. The highest BCUT2D eigenvalue weighted by molar-refractivity contribution is 5.67. The van der Waals surface area contributed by atoms with Crippen molar-refractivity contribution in [1.29, 1.82) is 0 Å². The van der Waals surface area contributed by atoms with Crippen molar-refractivity contribution < 1.29 is 34.0 Å². The van der Waals surface area contributed by atoms with Gasteiger partial charge in [0.15, 0.2) is 0 Å². The van der Waals surface area contributed by atoms with Crippen LogP contribution in [0, 0.1) is 12.7 Å². The van der Waals surface area contributed by atoms with Gasteiger partial charge in [-0.25, -0.2) is 9.18 Å². The maximum Gasteiger partial charge on any atom is 0.409 e. The first-order valence-electron chi connectivity index (χ1n) is 10.8. The summed E-state index contributed by atoms with van der Waals surface area (Å²) in [6.45, 7) is 5.35. The summed E-state index contributed by atoms with van der Waals surface area (Å²) in [5, 5.41) is 32.5. The van der Waals surface area contributed by atoms with Crippen LogP contribution < -0.4 is 4.74 Å². The third-order valence-corrected chi connectivity index (χ3v) is 6.19. The smallest absolute Gasteiger partial charge is 0.409 e. The van der Waals surface area contributed by atoms with Gasteiger partial charge in [-0.05, 0) is 56.9 Å². The summed E-state index contributed by atoms with van der Waals surface area (Å²) in [7, 11) is 0. The Labute approximate surface area is 182 Å². The van der Waals surface area contributed by atoms with E-state index in [2.05, 4.69) is 0 Å². The minimum atomic E-state index is -1.51. The topological polar surface area (TPSA) is 103 Å². The average molecular weight is 441 g/mol. The summed E-state index contributed by atoms with van der Waals surface area (Å²) in [4.78, 5) is 15.4. The summed E-state index contributed by atoms with van der Waals surface area (Å²) >= 11 is 0. The lowest BCUT2D eigenvalue weighted by Crippen LogP contribution is -2.62. The van der Waals surface area contributed by atoms with Crippen molar-refractivity contribution in [2.75, 3.05) is 45.9 Å². The molecule has 0 spiro atoms. The second-order valence-electron chi connectivity index (χ2n) is 8.73. The van der Waals surface area contributed by atoms with Crippen LogP contribution in [-0.2, 0) is 4.74 Å². The number of hydrogen-bond acceptors (Lipinski definition) is 7. The fourth-order valence-corrected chi connectivity index (χ4v) is 4.23. The SMILES string of the molecule is CCOC(=O)N1CCC(O)(CN2CC[C@H](O)[C@@](O)(COc3ccc(F)c(C)c3)C2)CC1. The summed E-state index contributed by atoms with van der Waals surface area (Å²) in [5.74, 6) is 0.0822. The molecule has 0 radical (unpaired) electrons. The molecule has 9 heteroatoms. The number of piperidine rings is 2. The number of ether oxygens (including phenoxy) is 2. The minimum absolute atomic E-state index is 0.137. The standard InChI is InChI=1S/C22H33FN2O6/c1-3-30-20(27)25-10-7-21(28,8-11-25)13-24-9-6-19(26)22(29,14-24)15-31-17-4-5-18(23)16(2)12-17/h4-5,12,19,26,28-29H,3,6-11,13-15H2,1-2H3/t19-,22-/m0/s1. The Morgan fingerprint density at radius 2 is 1.97 bits per heavy atom. The molecule has 174 valence electrons. The number of aliphatic hydroxyl groups excluding tert-OH is 1.